The molecular weight excluding hydrogens is 362 g/mol. The van der Waals surface area contributed by atoms with Crippen LogP contribution in [0.3, 0.4) is 0 Å². The van der Waals surface area contributed by atoms with Crippen LogP contribution < -0.4 is 5.73 Å². The van der Waals surface area contributed by atoms with Crippen molar-refractivity contribution in [3.05, 3.63) is 25.3 Å². The van der Waals surface area contributed by atoms with Crippen LogP contribution >= 0.6 is 15.2 Å². The second kappa shape index (κ2) is 8.51. The first-order chi connectivity index (χ1) is 10.8. The summed E-state index contributed by atoms with van der Waals surface area (Å²) in [5.74, 6) is -5.39. The summed E-state index contributed by atoms with van der Waals surface area (Å²) in [6.45, 7) is 7.72. The Bertz CT molecular complexity index is 537. The molecule has 0 radical (unpaired) electrons. The highest BCUT2D eigenvalue weighted by molar-refractivity contribution is 7.53. The number of hydrogen-bond donors (Lipinski definition) is 6. The van der Waals surface area contributed by atoms with Crippen molar-refractivity contribution < 1.29 is 38.6 Å². The number of rotatable bonds is 11. The van der Waals surface area contributed by atoms with Crippen molar-refractivity contribution >= 4 is 21.2 Å². The minimum absolute atomic E-state index is 0.0834. The molecule has 0 rings (SSSR count). The number of carboxylic acids is 1. The Labute approximate surface area is 140 Å². The van der Waals surface area contributed by atoms with Crippen molar-refractivity contribution in [3.63, 3.8) is 0 Å². The van der Waals surface area contributed by atoms with Gasteiger partial charge in [-0.25, -0.2) is 0 Å². The van der Waals surface area contributed by atoms with Crippen molar-refractivity contribution in [1.29, 1.82) is 0 Å². The summed E-state index contributed by atoms with van der Waals surface area (Å²) in [7, 11) is -10.0. The summed E-state index contributed by atoms with van der Waals surface area (Å²) in [4.78, 5) is 50.5. The second-order valence-electron chi connectivity index (χ2n) is 5.36. The highest BCUT2D eigenvalue weighted by Gasteiger charge is 2.53. The Kier molecular flexibility index (Phi) is 8.22. The molecule has 0 aromatic heterocycles. The van der Waals surface area contributed by atoms with Gasteiger partial charge < -0.3 is 30.4 Å². The maximum absolute atomic E-state index is 11.8. The lowest BCUT2D eigenvalue weighted by atomic mass is 9.93. The average molecular weight is 386 g/mol. The van der Waals surface area contributed by atoms with Crippen LogP contribution in [-0.2, 0) is 13.9 Å². The molecule has 0 aliphatic carbocycles. The van der Waals surface area contributed by atoms with Crippen LogP contribution in [0.1, 0.15) is 19.8 Å². The van der Waals surface area contributed by atoms with Gasteiger partial charge in [-0.2, -0.15) is 0 Å². The van der Waals surface area contributed by atoms with Crippen molar-refractivity contribution in [2.24, 2.45) is 5.73 Å². The van der Waals surface area contributed by atoms with Crippen LogP contribution in [0.4, 0.5) is 0 Å². The summed E-state index contributed by atoms with van der Waals surface area (Å²) >= 11 is 0. The molecule has 140 valence electrons. The SMILES string of the molecule is C=CC(N(C(C=C)P(=O)(O)O)C(C)(CCCN)C(=O)O)P(=O)(O)O. The predicted octanol–water partition coefficient (Wildman–Crippen LogP) is 0.250. The van der Waals surface area contributed by atoms with Crippen LogP contribution in [-0.4, -0.2) is 59.2 Å². The molecule has 0 aromatic carbocycles. The third-order valence-corrected chi connectivity index (χ3v) is 5.88. The van der Waals surface area contributed by atoms with E-state index >= 15 is 0 Å². The average Bonchev–Trinajstić information content (AvgIpc) is 2.41. The molecule has 0 fully saturated rings. The van der Waals surface area contributed by atoms with E-state index in [4.69, 9.17) is 5.73 Å². The first-order valence-electron chi connectivity index (χ1n) is 6.84. The Morgan fingerprint density at radius 2 is 1.54 bits per heavy atom. The van der Waals surface area contributed by atoms with Crippen molar-refractivity contribution in [2.45, 2.75) is 36.9 Å². The van der Waals surface area contributed by atoms with Gasteiger partial charge in [0, 0.05) is 0 Å². The molecule has 10 nitrogen and oxygen atoms in total. The van der Waals surface area contributed by atoms with Crippen LogP contribution in [0.2, 0.25) is 0 Å². The van der Waals surface area contributed by atoms with Gasteiger partial charge in [-0.1, -0.05) is 12.2 Å². The third-order valence-electron chi connectivity index (χ3n) is 3.58. The molecule has 0 saturated heterocycles. The minimum atomic E-state index is -5.01. The molecule has 0 spiro atoms. The van der Waals surface area contributed by atoms with Gasteiger partial charge in [-0.15, -0.1) is 13.2 Å². The summed E-state index contributed by atoms with van der Waals surface area (Å²) < 4.78 is 23.5. The lowest BCUT2D eigenvalue weighted by molar-refractivity contribution is -0.151. The van der Waals surface area contributed by atoms with Gasteiger partial charge in [-0.3, -0.25) is 18.8 Å². The van der Waals surface area contributed by atoms with E-state index in [1.54, 1.807) is 0 Å². The number of nitrogens with two attached hydrogens (primary N) is 1. The molecule has 0 aromatic rings. The van der Waals surface area contributed by atoms with E-state index in [2.05, 4.69) is 13.2 Å². The zero-order valence-electron chi connectivity index (χ0n) is 13.2. The maximum atomic E-state index is 11.8. The summed E-state index contributed by atoms with van der Waals surface area (Å²) in [6.07, 6.45) is 1.47. The molecule has 24 heavy (non-hydrogen) atoms. The Balaban J connectivity index is 6.53. The molecule has 0 bridgehead atoms. The molecule has 3 atom stereocenters. The zero-order valence-corrected chi connectivity index (χ0v) is 15.0. The molecule has 7 N–H and O–H groups in total. The van der Waals surface area contributed by atoms with Gasteiger partial charge in [0.15, 0.2) is 0 Å². The predicted molar refractivity (Wildman–Crippen MR) is 88.2 cm³/mol. The third kappa shape index (κ3) is 5.34. The fourth-order valence-corrected chi connectivity index (χ4v) is 4.46. The van der Waals surface area contributed by atoms with E-state index in [1.165, 1.54) is 0 Å². The summed E-state index contributed by atoms with van der Waals surface area (Å²) in [5.41, 5.74) is 3.34. The first-order valence-corrected chi connectivity index (χ1v) is 10.2. The van der Waals surface area contributed by atoms with Gasteiger partial charge >= 0.3 is 21.2 Å². The normalized spacial score (nSPS) is 17.8. The largest absolute Gasteiger partial charge is 0.480 e. The van der Waals surface area contributed by atoms with E-state index in [-0.39, 0.29) is 19.4 Å². The van der Waals surface area contributed by atoms with Crippen molar-refractivity contribution in [1.82, 2.24) is 4.90 Å². The molecule has 0 heterocycles. The van der Waals surface area contributed by atoms with Gasteiger partial charge in [0.2, 0.25) is 0 Å². The highest BCUT2D eigenvalue weighted by atomic mass is 31.2. The standard InChI is InChI=1S/C12H24N2O8P2/c1-4-9(23(17,18)19)14(10(5-2)24(20,21)22)12(3,11(15)16)7-6-8-13/h4-5,9-10H,1-2,6-8,13H2,3H3,(H,15,16)(H2,17,18,19)(H2,20,21,22). The molecule has 0 aliphatic rings. The molecular formula is C12H24N2O8P2. The zero-order chi connectivity index (χ0) is 19.3. The fraction of sp³-hybridized carbons (Fsp3) is 0.583. The highest BCUT2D eigenvalue weighted by Crippen LogP contribution is 2.54. The van der Waals surface area contributed by atoms with E-state index in [0.717, 1.165) is 19.1 Å². The molecule has 12 heteroatoms. The van der Waals surface area contributed by atoms with E-state index < -0.39 is 38.3 Å². The Morgan fingerprint density at radius 3 is 1.75 bits per heavy atom. The Morgan fingerprint density at radius 1 is 1.17 bits per heavy atom. The van der Waals surface area contributed by atoms with Crippen LogP contribution in [0.25, 0.3) is 0 Å². The van der Waals surface area contributed by atoms with Gasteiger partial charge in [0.05, 0.1) is 0 Å². The molecule has 0 aliphatic heterocycles. The molecule has 0 saturated carbocycles. The smallest absolute Gasteiger partial charge is 0.346 e. The van der Waals surface area contributed by atoms with Gasteiger partial charge in [0.25, 0.3) is 0 Å². The number of nitrogens with zero attached hydrogens (tertiary/aromatic N) is 1. The van der Waals surface area contributed by atoms with E-state index in [0.29, 0.717) is 4.90 Å². The number of carbonyl (C=O) groups is 1. The fourth-order valence-electron chi connectivity index (χ4n) is 2.36. The lowest BCUT2D eigenvalue weighted by Gasteiger charge is -2.45. The van der Waals surface area contributed by atoms with Gasteiger partial charge in [-0.05, 0) is 26.3 Å². The quantitative estimate of drug-likeness (QED) is 0.213. The second-order valence-corrected chi connectivity index (χ2v) is 8.77. The molecule has 3 unspecified atom stereocenters. The maximum Gasteiger partial charge on any atom is 0.346 e. The monoisotopic (exact) mass is 386 g/mol. The molecule has 0 amide bonds. The van der Waals surface area contributed by atoms with Crippen LogP contribution in [0.5, 0.6) is 0 Å². The first kappa shape index (κ1) is 23.2. The number of carboxylic acid groups (broad SMARTS) is 1. The summed E-state index contributed by atoms with van der Waals surface area (Å²) in [5, 5.41) is 9.59. The van der Waals surface area contributed by atoms with E-state index in [9.17, 15) is 38.6 Å². The van der Waals surface area contributed by atoms with E-state index in [1.807, 2.05) is 0 Å². The topological polar surface area (TPSA) is 182 Å². The number of hydrogen-bond acceptors (Lipinski definition) is 5. The Hall–Kier alpha value is -0.830. The number of aliphatic carboxylic acids is 1. The van der Waals surface area contributed by atoms with Gasteiger partial charge in [0.1, 0.15) is 17.1 Å². The van der Waals surface area contributed by atoms with Crippen molar-refractivity contribution in [3.8, 4) is 0 Å². The lowest BCUT2D eigenvalue weighted by Crippen LogP contribution is -2.59. The van der Waals surface area contributed by atoms with Crippen LogP contribution in [0, 0.1) is 0 Å². The summed E-state index contributed by atoms with van der Waals surface area (Å²) in [6, 6.07) is 0. The van der Waals surface area contributed by atoms with Crippen molar-refractivity contribution in [2.75, 3.05) is 6.54 Å². The van der Waals surface area contributed by atoms with Crippen LogP contribution in [0.15, 0.2) is 25.3 Å². The minimum Gasteiger partial charge on any atom is -0.480 e.